The van der Waals surface area contributed by atoms with Gasteiger partial charge in [0.05, 0.1) is 18.4 Å². The van der Waals surface area contributed by atoms with E-state index in [1.165, 1.54) is 50.9 Å². The number of rotatable bonds is 10. The van der Waals surface area contributed by atoms with E-state index >= 15 is 0 Å². The Balaban J connectivity index is 1.34. The van der Waals surface area contributed by atoms with E-state index in [9.17, 15) is 0 Å². The molecule has 2 saturated heterocycles. The molecular weight excluding hydrogens is 376 g/mol. The van der Waals surface area contributed by atoms with Gasteiger partial charge in [0, 0.05) is 52.3 Å². The van der Waals surface area contributed by atoms with E-state index in [1.54, 1.807) is 7.11 Å². The predicted octanol–water partition coefficient (Wildman–Crippen LogP) is 3.21. The molecule has 3 heterocycles. The molecule has 1 atom stereocenters. The lowest BCUT2D eigenvalue weighted by Gasteiger charge is -2.35. The number of hydrogen-bond donors (Lipinski definition) is 0. The number of piperidine rings is 1. The van der Waals surface area contributed by atoms with Gasteiger partial charge in [0.25, 0.3) is 0 Å². The number of nitrogens with zero attached hydrogens (tertiary/aromatic N) is 4. The molecule has 0 saturated carbocycles. The van der Waals surface area contributed by atoms with Crippen LogP contribution < -0.4 is 0 Å². The van der Waals surface area contributed by atoms with Crippen LogP contribution in [-0.2, 0) is 16.0 Å². The van der Waals surface area contributed by atoms with E-state index in [0.29, 0.717) is 6.10 Å². The molecule has 0 radical (unpaired) electrons. The van der Waals surface area contributed by atoms with Crippen molar-refractivity contribution >= 4 is 0 Å². The summed E-state index contributed by atoms with van der Waals surface area (Å²) in [5.41, 5.74) is 2.47. The van der Waals surface area contributed by atoms with Crippen LogP contribution in [0.3, 0.4) is 0 Å². The molecule has 0 amide bonds. The molecule has 0 bridgehead atoms. The first-order valence-corrected chi connectivity index (χ1v) is 11.4. The van der Waals surface area contributed by atoms with Crippen LogP contribution in [0.5, 0.6) is 0 Å². The monoisotopic (exact) mass is 412 g/mol. The van der Waals surface area contributed by atoms with Crippen LogP contribution in [0.25, 0.3) is 5.69 Å². The molecule has 0 N–H and O–H groups in total. The molecule has 1 aromatic heterocycles. The highest BCUT2D eigenvalue weighted by molar-refractivity contribution is 5.33. The Morgan fingerprint density at radius 3 is 2.63 bits per heavy atom. The van der Waals surface area contributed by atoms with Crippen molar-refractivity contribution in [1.82, 2.24) is 19.6 Å². The number of methoxy groups -OCH3 is 1. The fourth-order valence-corrected chi connectivity index (χ4v) is 4.69. The van der Waals surface area contributed by atoms with Crippen molar-refractivity contribution in [2.45, 2.75) is 38.3 Å². The standard InChI is InChI=1S/C24H36N4O2/c1-29-17-15-26-13-9-22(10-14-26)19-27(20-24-4-2-16-30-24)18-21-5-7-23(8-6-21)28-12-3-11-25-28/h3,5-8,11-12,22,24H,2,4,9-10,13-20H2,1H3. The third-order valence-electron chi connectivity index (χ3n) is 6.43. The SMILES string of the molecule is COCCN1CCC(CN(Cc2ccc(-n3cccn3)cc2)CC2CCCO2)CC1. The Labute approximate surface area is 180 Å². The largest absolute Gasteiger partial charge is 0.383 e. The summed E-state index contributed by atoms with van der Waals surface area (Å²) in [6.07, 6.45) is 9.16. The third kappa shape index (κ3) is 6.14. The third-order valence-corrected chi connectivity index (χ3v) is 6.43. The second-order valence-electron chi connectivity index (χ2n) is 8.72. The van der Waals surface area contributed by atoms with Gasteiger partial charge in [0.2, 0.25) is 0 Å². The number of aromatic nitrogens is 2. The summed E-state index contributed by atoms with van der Waals surface area (Å²) in [5, 5.41) is 4.33. The van der Waals surface area contributed by atoms with E-state index in [0.717, 1.165) is 44.5 Å². The molecule has 6 heteroatoms. The fraction of sp³-hybridized carbons (Fsp3) is 0.625. The van der Waals surface area contributed by atoms with E-state index in [-0.39, 0.29) is 0 Å². The zero-order valence-electron chi connectivity index (χ0n) is 18.3. The van der Waals surface area contributed by atoms with Gasteiger partial charge in [0.15, 0.2) is 0 Å². The van der Waals surface area contributed by atoms with Crippen molar-refractivity contribution in [3.8, 4) is 5.69 Å². The zero-order chi connectivity index (χ0) is 20.6. The van der Waals surface area contributed by atoms with E-state index in [4.69, 9.17) is 9.47 Å². The highest BCUT2D eigenvalue weighted by atomic mass is 16.5. The minimum atomic E-state index is 0.398. The molecule has 6 nitrogen and oxygen atoms in total. The maximum absolute atomic E-state index is 5.96. The number of likely N-dealkylation sites (tertiary alicyclic amines) is 1. The van der Waals surface area contributed by atoms with Gasteiger partial charge in [-0.2, -0.15) is 5.10 Å². The smallest absolute Gasteiger partial charge is 0.0702 e. The number of ether oxygens (including phenoxy) is 2. The Hall–Kier alpha value is -1.73. The summed E-state index contributed by atoms with van der Waals surface area (Å²) in [5.74, 6) is 0.772. The van der Waals surface area contributed by atoms with E-state index < -0.39 is 0 Å². The first kappa shape index (κ1) is 21.5. The lowest BCUT2D eigenvalue weighted by Crippen LogP contribution is -2.41. The molecule has 2 aromatic rings. The van der Waals surface area contributed by atoms with Gasteiger partial charge in [0.1, 0.15) is 0 Å². The molecule has 4 rings (SSSR count). The summed E-state index contributed by atoms with van der Waals surface area (Å²) in [6, 6.07) is 10.8. The van der Waals surface area contributed by atoms with Crippen LogP contribution in [0.15, 0.2) is 42.7 Å². The Morgan fingerprint density at radius 1 is 1.13 bits per heavy atom. The summed E-state index contributed by atoms with van der Waals surface area (Å²) in [6.45, 7) is 8.41. The molecule has 30 heavy (non-hydrogen) atoms. The first-order chi connectivity index (χ1) is 14.8. The average molecular weight is 413 g/mol. The van der Waals surface area contributed by atoms with Gasteiger partial charge in [-0.05, 0) is 68.5 Å². The maximum atomic E-state index is 5.96. The lowest BCUT2D eigenvalue weighted by molar-refractivity contribution is 0.0552. The Bertz CT molecular complexity index is 720. The molecule has 0 aliphatic carbocycles. The number of hydrogen-bond acceptors (Lipinski definition) is 5. The molecule has 2 fully saturated rings. The molecule has 2 aliphatic heterocycles. The van der Waals surface area contributed by atoms with Gasteiger partial charge in [-0.25, -0.2) is 4.68 Å². The lowest BCUT2D eigenvalue weighted by atomic mass is 9.95. The van der Waals surface area contributed by atoms with E-state index in [2.05, 4.69) is 39.2 Å². The summed E-state index contributed by atoms with van der Waals surface area (Å²) >= 11 is 0. The summed E-state index contributed by atoms with van der Waals surface area (Å²) in [4.78, 5) is 5.17. The molecule has 2 aliphatic rings. The van der Waals surface area contributed by atoms with Gasteiger partial charge < -0.3 is 14.4 Å². The quantitative estimate of drug-likeness (QED) is 0.600. The van der Waals surface area contributed by atoms with E-state index in [1.807, 2.05) is 23.1 Å². The second-order valence-corrected chi connectivity index (χ2v) is 8.72. The molecule has 1 aromatic carbocycles. The van der Waals surface area contributed by atoms with Gasteiger partial charge >= 0.3 is 0 Å². The second kappa shape index (κ2) is 11.0. The Kier molecular flexibility index (Phi) is 7.92. The highest BCUT2D eigenvalue weighted by Crippen LogP contribution is 2.22. The van der Waals surface area contributed by atoms with Crippen molar-refractivity contribution in [2.75, 3.05) is 53.0 Å². The zero-order valence-corrected chi connectivity index (χ0v) is 18.3. The maximum Gasteiger partial charge on any atom is 0.0702 e. The molecule has 164 valence electrons. The van der Waals surface area contributed by atoms with Crippen LogP contribution in [-0.4, -0.2) is 78.7 Å². The van der Waals surface area contributed by atoms with Crippen LogP contribution in [0.1, 0.15) is 31.2 Å². The predicted molar refractivity (Wildman–Crippen MR) is 119 cm³/mol. The number of benzene rings is 1. The highest BCUT2D eigenvalue weighted by Gasteiger charge is 2.24. The van der Waals surface area contributed by atoms with Crippen molar-refractivity contribution in [3.63, 3.8) is 0 Å². The van der Waals surface area contributed by atoms with Crippen molar-refractivity contribution in [1.29, 1.82) is 0 Å². The first-order valence-electron chi connectivity index (χ1n) is 11.4. The van der Waals surface area contributed by atoms with Crippen LogP contribution in [0.2, 0.25) is 0 Å². The van der Waals surface area contributed by atoms with Gasteiger partial charge in [-0.1, -0.05) is 12.1 Å². The van der Waals surface area contributed by atoms with Crippen LogP contribution in [0.4, 0.5) is 0 Å². The molecule has 1 unspecified atom stereocenters. The normalized spacial score (nSPS) is 20.9. The molecule has 0 spiro atoms. The minimum Gasteiger partial charge on any atom is -0.383 e. The average Bonchev–Trinajstić information content (AvgIpc) is 3.48. The Morgan fingerprint density at radius 2 is 1.97 bits per heavy atom. The fourth-order valence-electron chi connectivity index (χ4n) is 4.69. The van der Waals surface area contributed by atoms with Gasteiger partial charge in [-0.15, -0.1) is 0 Å². The summed E-state index contributed by atoms with van der Waals surface area (Å²) < 4.78 is 13.1. The van der Waals surface area contributed by atoms with Crippen molar-refractivity contribution < 1.29 is 9.47 Å². The van der Waals surface area contributed by atoms with Crippen molar-refractivity contribution in [3.05, 3.63) is 48.3 Å². The molecular formula is C24H36N4O2. The van der Waals surface area contributed by atoms with Crippen LogP contribution >= 0.6 is 0 Å². The van der Waals surface area contributed by atoms with Gasteiger partial charge in [-0.3, -0.25) is 4.90 Å². The topological polar surface area (TPSA) is 42.8 Å². The minimum absolute atomic E-state index is 0.398. The van der Waals surface area contributed by atoms with Crippen LogP contribution in [0, 0.1) is 5.92 Å². The van der Waals surface area contributed by atoms with Crippen molar-refractivity contribution in [2.24, 2.45) is 5.92 Å². The summed E-state index contributed by atoms with van der Waals surface area (Å²) in [7, 11) is 1.79.